The van der Waals surface area contributed by atoms with Crippen LogP contribution >= 0.6 is 27.3 Å². The Bertz CT molecular complexity index is 430. The molecule has 2 heterocycles. The summed E-state index contributed by atoms with van der Waals surface area (Å²) in [5.74, 6) is 0. The zero-order valence-electron chi connectivity index (χ0n) is 10.9. The highest BCUT2D eigenvalue weighted by Gasteiger charge is 2.33. The van der Waals surface area contributed by atoms with Gasteiger partial charge in [0.25, 0.3) is 0 Å². The molecule has 0 amide bonds. The van der Waals surface area contributed by atoms with Crippen LogP contribution in [-0.2, 0) is 0 Å². The van der Waals surface area contributed by atoms with Gasteiger partial charge in [0.2, 0.25) is 0 Å². The Morgan fingerprint density at radius 3 is 2.35 bits per heavy atom. The first kappa shape index (κ1) is 16.2. The first-order valence-corrected chi connectivity index (χ1v) is 7.98. The van der Waals surface area contributed by atoms with E-state index in [9.17, 15) is 13.2 Å². The van der Waals surface area contributed by atoms with Crippen LogP contribution in [0.3, 0.4) is 0 Å². The van der Waals surface area contributed by atoms with E-state index >= 15 is 0 Å². The molecule has 8 heteroatoms. The number of nitrogens with two attached hydrogens (primary N) is 1. The van der Waals surface area contributed by atoms with Crippen molar-refractivity contribution >= 4 is 27.3 Å². The molecule has 3 nitrogen and oxygen atoms in total. The lowest BCUT2D eigenvalue weighted by molar-refractivity contribution is -0.149. The number of piperazine rings is 1. The molecule has 1 aliphatic heterocycles. The zero-order valence-corrected chi connectivity index (χ0v) is 13.3. The lowest BCUT2D eigenvalue weighted by atomic mass is 10.1. The summed E-state index contributed by atoms with van der Waals surface area (Å²) in [6.07, 6.45) is -4.12. The van der Waals surface area contributed by atoms with Crippen molar-refractivity contribution in [2.45, 2.75) is 12.2 Å². The average molecular weight is 372 g/mol. The molecule has 114 valence electrons. The van der Waals surface area contributed by atoms with E-state index in [1.54, 1.807) is 11.3 Å². The van der Waals surface area contributed by atoms with Gasteiger partial charge in [0, 0.05) is 37.6 Å². The summed E-state index contributed by atoms with van der Waals surface area (Å²) in [6.45, 7) is 1.76. The molecule has 1 atom stereocenters. The second-order valence-corrected chi connectivity index (χ2v) is 7.32. The molecule has 0 radical (unpaired) electrons. The van der Waals surface area contributed by atoms with Crippen LogP contribution in [0, 0.1) is 0 Å². The van der Waals surface area contributed by atoms with Gasteiger partial charge in [-0.25, -0.2) is 0 Å². The van der Waals surface area contributed by atoms with Gasteiger partial charge in [-0.05, 0) is 28.1 Å². The molecule has 0 aromatic carbocycles. The minimum absolute atomic E-state index is 0.0966. The molecule has 0 spiro atoms. The van der Waals surface area contributed by atoms with Crippen LogP contribution in [0.2, 0.25) is 0 Å². The van der Waals surface area contributed by atoms with E-state index in [0.717, 1.165) is 8.66 Å². The lowest BCUT2D eigenvalue weighted by Gasteiger charge is -2.38. The first-order valence-electron chi connectivity index (χ1n) is 6.37. The van der Waals surface area contributed by atoms with E-state index in [0.29, 0.717) is 32.7 Å². The summed E-state index contributed by atoms with van der Waals surface area (Å²) in [6, 6.07) is 4.09. The number of rotatable bonds is 4. The van der Waals surface area contributed by atoms with Crippen molar-refractivity contribution in [1.82, 2.24) is 9.80 Å². The normalized spacial score (nSPS) is 20.2. The fourth-order valence-corrected chi connectivity index (χ4v) is 4.01. The van der Waals surface area contributed by atoms with Crippen LogP contribution < -0.4 is 5.73 Å². The quantitative estimate of drug-likeness (QED) is 0.882. The molecule has 1 fully saturated rings. The van der Waals surface area contributed by atoms with Gasteiger partial charge in [-0.15, -0.1) is 11.3 Å². The summed E-state index contributed by atoms with van der Waals surface area (Å²) in [5, 5.41) is 0. The van der Waals surface area contributed by atoms with E-state index in [1.165, 1.54) is 4.90 Å². The van der Waals surface area contributed by atoms with Gasteiger partial charge in [0.15, 0.2) is 0 Å². The average Bonchev–Trinajstić information content (AvgIpc) is 2.77. The Morgan fingerprint density at radius 1 is 1.25 bits per heavy atom. The molecule has 20 heavy (non-hydrogen) atoms. The Kier molecular flexibility index (Phi) is 5.47. The van der Waals surface area contributed by atoms with E-state index in [-0.39, 0.29) is 6.04 Å². The molecular weight excluding hydrogens is 355 g/mol. The third-order valence-corrected chi connectivity index (χ3v) is 5.12. The highest BCUT2D eigenvalue weighted by Crippen LogP contribution is 2.31. The number of halogens is 4. The summed E-state index contributed by atoms with van der Waals surface area (Å²) in [5.41, 5.74) is 5.84. The number of thiophene rings is 1. The molecule has 0 bridgehead atoms. The Hall–Kier alpha value is -0.150. The smallest absolute Gasteiger partial charge is 0.329 e. The summed E-state index contributed by atoms with van der Waals surface area (Å²) in [7, 11) is 0. The van der Waals surface area contributed by atoms with Gasteiger partial charge in [-0.3, -0.25) is 9.80 Å². The van der Waals surface area contributed by atoms with Gasteiger partial charge in [-0.1, -0.05) is 0 Å². The molecule has 2 N–H and O–H groups in total. The van der Waals surface area contributed by atoms with Crippen LogP contribution in [-0.4, -0.2) is 55.2 Å². The minimum Gasteiger partial charge on any atom is -0.329 e. The van der Waals surface area contributed by atoms with Crippen LogP contribution in [0.4, 0.5) is 13.2 Å². The van der Waals surface area contributed by atoms with E-state index in [4.69, 9.17) is 5.73 Å². The van der Waals surface area contributed by atoms with Gasteiger partial charge in [0.05, 0.1) is 16.4 Å². The summed E-state index contributed by atoms with van der Waals surface area (Å²) < 4.78 is 38.1. The molecule has 1 aromatic heterocycles. The maximum atomic E-state index is 12.4. The van der Waals surface area contributed by atoms with E-state index in [2.05, 4.69) is 20.8 Å². The SMILES string of the molecule is NCC(c1ccc(Br)s1)N1CCN(CC(F)(F)F)CC1. The highest BCUT2D eigenvalue weighted by molar-refractivity contribution is 9.11. The largest absolute Gasteiger partial charge is 0.401 e. The van der Waals surface area contributed by atoms with Crippen molar-refractivity contribution in [3.63, 3.8) is 0 Å². The Balaban J connectivity index is 1.92. The maximum absolute atomic E-state index is 12.4. The monoisotopic (exact) mass is 371 g/mol. The molecule has 2 rings (SSSR count). The van der Waals surface area contributed by atoms with Crippen molar-refractivity contribution in [1.29, 1.82) is 0 Å². The molecule has 0 aliphatic carbocycles. The third kappa shape index (κ3) is 4.42. The fraction of sp³-hybridized carbons (Fsp3) is 0.667. The van der Waals surface area contributed by atoms with Gasteiger partial charge < -0.3 is 5.73 Å². The second-order valence-electron chi connectivity index (χ2n) is 4.82. The minimum atomic E-state index is -4.12. The van der Waals surface area contributed by atoms with E-state index < -0.39 is 12.7 Å². The van der Waals surface area contributed by atoms with Crippen LogP contribution in [0.1, 0.15) is 10.9 Å². The lowest BCUT2D eigenvalue weighted by Crippen LogP contribution is -2.51. The van der Waals surface area contributed by atoms with Crippen LogP contribution in [0.25, 0.3) is 0 Å². The maximum Gasteiger partial charge on any atom is 0.401 e. The topological polar surface area (TPSA) is 32.5 Å². The highest BCUT2D eigenvalue weighted by atomic mass is 79.9. The number of hydrogen-bond donors (Lipinski definition) is 1. The van der Waals surface area contributed by atoms with Crippen molar-refractivity contribution in [2.75, 3.05) is 39.3 Å². The van der Waals surface area contributed by atoms with Crippen molar-refractivity contribution in [3.05, 3.63) is 20.8 Å². The Morgan fingerprint density at radius 2 is 1.90 bits per heavy atom. The van der Waals surface area contributed by atoms with Crippen molar-refractivity contribution in [3.8, 4) is 0 Å². The molecule has 1 aromatic rings. The zero-order chi connectivity index (χ0) is 14.8. The molecule has 0 saturated carbocycles. The van der Waals surface area contributed by atoms with Crippen LogP contribution in [0.15, 0.2) is 15.9 Å². The molecule has 1 saturated heterocycles. The van der Waals surface area contributed by atoms with Gasteiger partial charge in [-0.2, -0.15) is 13.2 Å². The molecule has 1 unspecified atom stereocenters. The first-order chi connectivity index (χ1) is 9.39. The van der Waals surface area contributed by atoms with Gasteiger partial charge in [0.1, 0.15) is 0 Å². The fourth-order valence-electron chi connectivity index (χ4n) is 2.44. The molecule has 1 aliphatic rings. The predicted molar refractivity (Wildman–Crippen MR) is 77.9 cm³/mol. The number of hydrogen-bond acceptors (Lipinski definition) is 4. The number of nitrogens with zero attached hydrogens (tertiary/aromatic N) is 2. The van der Waals surface area contributed by atoms with Crippen LogP contribution in [0.5, 0.6) is 0 Å². The number of alkyl halides is 3. The summed E-state index contributed by atoms with van der Waals surface area (Å²) >= 11 is 5.05. The Labute approximate surface area is 128 Å². The third-order valence-electron chi connectivity index (χ3n) is 3.40. The summed E-state index contributed by atoms with van der Waals surface area (Å²) in [4.78, 5) is 4.78. The second kappa shape index (κ2) is 6.74. The predicted octanol–water partition coefficient (Wildman–Crippen LogP) is 2.69. The van der Waals surface area contributed by atoms with Crippen molar-refractivity contribution in [2.24, 2.45) is 5.73 Å². The van der Waals surface area contributed by atoms with E-state index in [1.807, 2.05) is 12.1 Å². The molecular formula is C12H17BrF3N3S. The van der Waals surface area contributed by atoms with Crippen molar-refractivity contribution < 1.29 is 13.2 Å². The standard InChI is InChI=1S/C12H17BrF3N3S/c13-11-2-1-10(20-11)9(7-17)19-5-3-18(4-6-19)8-12(14,15)16/h1-2,9H,3-8,17H2. The van der Waals surface area contributed by atoms with Gasteiger partial charge >= 0.3 is 6.18 Å².